The highest BCUT2D eigenvalue weighted by molar-refractivity contribution is 5.81. The van der Waals surface area contributed by atoms with Crippen LogP contribution in [0, 0.1) is 0 Å². The van der Waals surface area contributed by atoms with E-state index in [0.717, 1.165) is 56.6 Å². The third-order valence-electron chi connectivity index (χ3n) is 3.89. The molecule has 1 aliphatic rings. The zero-order valence-electron chi connectivity index (χ0n) is 12.9. The summed E-state index contributed by atoms with van der Waals surface area (Å²) >= 11 is 0. The molecule has 21 heavy (non-hydrogen) atoms. The van der Waals surface area contributed by atoms with Gasteiger partial charge in [0.1, 0.15) is 5.75 Å². The van der Waals surface area contributed by atoms with Crippen LogP contribution in [0.4, 0.5) is 0 Å². The fourth-order valence-corrected chi connectivity index (χ4v) is 2.54. The zero-order valence-corrected chi connectivity index (χ0v) is 12.9. The molecular formula is C17H26N2O2. The predicted octanol–water partition coefficient (Wildman–Crippen LogP) is 2.71. The Balaban J connectivity index is 1.91. The van der Waals surface area contributed by atoms with Gasteiger partial charge in [0.05, 0.1) is 12.6 Å². The predicted molar refractivity (Wildman–Crippen MR) is 84.1 cm³/mol. The highest BCUT2D eigenvalue weighted by Crippen LogP contribution is 2.17. The first-order valence-corrected chi connectivity index (χ1v) is 7.97. The number of likely N-dealkylation sites (tertiary alicyclic amines) is 1. The average Bonchev–Trinajstić information content (AvgIpc) is 2.65. The number of amides is 1. The molecule has 1 aliphatic heterocycles. The highest BCUT2D eigenvalue weighted by atomic mass is 16.5. The first kappa shape index (κ1) is 15.8. The van der Waals surface area contributed by atoms with Crippen LogP contribution in [0.2, 0.25) is 0 Å². The number of nitrogens with zero attached hydrogens (tertiary/aromatic N) is 1. The summed E-state index contributed by atoms with van der Waals surface area (Å²) in [4.78, 5) is 14.0. The van der Waals surface area contributed by atoms with Crippen LogP contribution in [0.3, 0.4) is 0 Å². The molecule has 1 atom stereocenters. The van der Waals surface area contributed by atoms with Gasteiger partial charge in [0.15, 0.2) is 0 Å². The number of rotatable bonds is 6. The van der Waals surface area contributed by atoms with Gasteiger partial charge in [0, 0.05) is 13.1 Å². The highest BCUT2D eigenvalue weighted by Gasteiger charge is 2.23. The number of nitrogens with two attached hydrogens (primary N) is 1. The van der Waals surface area contributed by atoms with Crippen molar-refractivity contribution in [3.05, 3.63) is 29.8 Å². The van der Waals surface area contributed by atoms with Gasteiger partial charge in [-0.05, 0) is 43.4 Å². The van der Waals surface area contributed by atoms with Gasteiger partial charge < -0.3 is 15.4 Å². The molecule has 2 rings (SSSR count). The van der Waals surface area contributed by atoms with Gasteiger partial charge in [-0.3, -0.25) is 4.79 Å². The van der Waals surface area contributed by atoms with E-state index >= 15 is 0 Å². The molecule has 4 heteroatoms. The molecule has 0 aliphatic carbocycles. The fraction of sp³-hybridized carbons (Fsp3) is 0.588. The monoisotopic (exact) mass is 290 g/mol. The molecule has 2 N–H and O–H groups in total. The summed E-state index contributed by atoms with van der Waals surface area (Å²) in [5.74, 6) is 0.974. The molecule has 0 saturated carbocycles. The van der Waals surface area contributed by atoms with E-state index in [-0.39, 0.29) is 11.9 Å². The van der Waals surface area contributed by atoms with Crippen molar-refractivity contribution in [2.24, 2.45) is 5.73 Å². The Labute approximate surface area is 127 Å². The molecule has 1 saturated heterocycles. The molecule has 0 aromatic heterocycles. The van der Waals surface area contributed by atoms with Gasteiger partial charge in [-0.2, -0.15) is 0 Å². The standard InChI is InChI=1S/C17H26N2O2/c1-2-3-12-21-15-9-7-14(8-10-15)13-19-11-5-4-6-16(18)17(19)20/h7-10,16H,2-6,11-13,18H2,1H3/t16-/m1/s1. The summed E-state index contributed by atoms with van der Waals surface area (Å²) in [7, 11) is 0. The molecule has 0 spiro atoms. The summed E-state index contributed by atoms with van der Waals surface area (Å²) in [6.07, 6.45) is 5.09. The summed E-state index contributed by atoms with van der Waals surface area (Å²) in [5.41, 5.74) is 7.03. The van der Waals surface area contributed by atoms with Crippen molar-refractivity contribution >= 4 is 5.91 Å². The number of benzene rings is 1. The first-order chi connectivity index (χ1) is 10.2. The molecule has 4 nitrogen and oxygen atoms in total. The summed E-state index contributed by atoms with van der Waals surface area (Å²) in [5, 5.41) is 0. The van der Waals surface area contributed by atoms with Crippen molar-refractivity contribution in [1.29, 1.82) is 0 Å². The van der Waals surface area contributed by atoms with E-state index < -0.39 is 0 Å². The van der Waals surface area contributed by atoms with Gasteiger partial charge in [0.2, 0.25) is 5.91 Å². The third-order valence-corrected chi connectivity index (χ3v) is 3.89. The number of hydrogen-bond donors (Lipinski definition) is 1. The molecule has 0 unspecified atom stereocenters. The van der Waals surface area contributed by atoms with Gasteiger partial charge in [0.25, 0.3) is 0 Å². The number of carbonyl (C=O) groups excluding carboxylic acids is 1. The van der Waals surface area contributed by atoms with Crippen molar-refractivity contribution in [2.75, 3.05) is 13.2 Å². The van der Waals surface area contributed by atoms with Gasteiger partial charge in [-0.25, -0.2) is 0 Å². The van der Waals surface area contributed by atoms with Crippen LogP contribution < -0.4 is 10.5 Å². The molecule has 1 heterocycles. The van der Waals surface area contributed by atoms with Crippen LogP contribution >= 0.6 is 0 Å². The van der Waals surface area contributed by atoms with Crippen LogP contribution in [0.15, 0.2) is 24.3 Å². The minimum Gasteiger partial charge on any atom is -0.494 e. The van der Waals surface area contributed by atoms with Crippen LogP contribution in [0.25, 0.3) is 0 Å². The molecule has 1 aromatic carbocycles. The maximum atomic E-state index is 12.2. The molecular weight excluding hydrogens is 264 g/mol. The molecule has 0 radical (unpaired) electrons. The van der Waals surface area contributed by atoms with E-state index in [4.69, 9.17) is 10.5 Å². The Kier molecular flexibility index (Phi) is 6.05. The quantitative estimate of drug-likeness (QED) is 0.820. The molecule has 116 valence electrons. The van der Waals surface area contributed by atoms with Crippen molar-refractivity contribution in [2.45, 2.75) is 51.6 Å². The number of unbranched alkanes of at least 4 members (excludes halogenated alkanes) is 1. The van der Waals surface area contributed by atoms with E-state index in [2.05, 4.69) is 6.92 Å². The minimum atomic E-state index is -0.329. The summed E-state index contributed by atoms with van der Waals surface area (Å²) < 4.78 is 5.65. The van der Waals surface area contributed by atoms with E-state index in [1.807, 2.05) is 29.2 Å². The second-order valence-electron chi connectivity index (χ2n) is 5.71. The Bertz CT molecular complexity index is 445. The Morgan fingerprint density at radius 1 is 1.29 bits per heavy atom. The second-order valence-corrected chi connectivity index (χ2v) is 5.71. The normalized spacial score (nSPS) is 19.4. The van der Waals surface area contributed by atoms with Gasteiger partial charge in [-0.1, -0.05) is 25.5 Å². The van der Waals surface area contributed by atoms with Gasteiger partial charge in [-0.15, -0.1) is 0 Å². The van der Waals surface area contributed by atoms with Crippen molar-refractivity contribution < 1.29 is 9.53 Å². The van der Waals surface area contributed by atoms with Gasteiger partial charge >= 0.3 is 0 Å². The molecule has 1 aromatic rings. The minimum absolute atomic E-state index is 0.0794. The van der Waals surface area contributed by atoms with Crippen molar-refractivity contribution in [3.63, 3.8) is 0 Å². The van der Waals surface area contributed by atoms with E-state index in [1.54, 1.807) is 0 Å². The maximum Gasteiger partial charge on any atom is 0.239 e. The summed E-state index contributed by atoms with van der Waals surface area (Å²) in [6, 6.07) is 7.69. The van der Waals surface area contributed by atoms with Crippen LogP contribution in [-0.4, -0.2) is 30.0 Å². The second kappa shape index (κ2) is 8.03. The Morgan fingerprint density at radius 3 is 2.76 bits per heavy atom. The van der Waals surface area contributed by atoms with Crippen molar-refractivity contribution in [3.8, 4) is 5.75 Å². The van der Waals surface area contributed by atoms with E-state index in [0.29, 0.717) is 6.54 Å². The maximum absolute atomic E-state index is 12.2. The first-order valence-electron chi connectivity index (χ1n) is 7.97. The zero-order chi connectivity index (χ0) is 15.1. The lowest BCUT2D eigenvalue weighted by atomic mass is 10.1. The SMILES string of the molecule is CCCCOc1ccc(CN2CCCC[C@@H](N)C2=O)cc1. The van der Waals surface area contributed by atoms with Crippen LogP contribution in [-0.2, 0) is 11.3 Å². The molecule has 1 fully saturated rings. The van der Waals surface area contributed by atoms with E-state index in [1.165, 1.54) is 0 Å². The molecule has 1 amide bonds. The summed E-state index contributed by atoms with van der Waals surface area (Å²) in [6.45, 7) is 4.35. The van der Waals surface area contributed by atoms with Crippen molar-refractivity contribution in [1.82, 2.24) is 4.90 Å². The Morgan fingerprint density at radius 2 is 2.05 bits per heavy atom. The number of ether oxygens (including phenoxy) is 1. The molecule has 0 bridgehead atoms. The smallest absolute Gasteiger partial charge is 0.239 e. The fourth-order valence-electron chi connectivity index (χ4n) is 2.54. The third kappa shape index (κ3) is 4.74. The average molecular weight is 290 g/mol. The lowest BCUT2D eigenvalue weighted by Crippen LogP contribution is -2.41. The number of carbonyl (C=O) groups is 1. The number of hydrogen-bond acceptors (Lipinski definition) is 3. The topological polar surface area (TPSA) is 55.6 Å². The van der Waals surface area contributed by atoms with Crippen LogP contribution in [0.5, 0.6) is 5.75 Å². The lowest BCUT2D eigenvalue weighted by Gasteiger charge is -2.22. The Hall–Kier alpha value is -1.55. The lowest BCUT2D eigenvalue weighted by molar-refractivity contribution is -0.132. The van der Waals surface area contributed by atoms with E-state index in [9.17, 15) is 4.79 Å². The largest absolute Gasteiger partial charge is 0.494 e. The van der Waals surface area contributed by atoms with Crippen LogP contribution in [0.1, 0.15) is 44.6 Å².